The maximum Gasteiger partial charge on any atom is 0.120 e. The van der Waals surface area contributed by atoms with Gasteiger partial charge in [-0.3, -0.25) is 0 Å². The van der Waals surface area contributed by atoms with Crippen molar-refractivity contribution < 1.29 is 14.9 Å². The molecule has 0 heterocycles. The first-order valence-corrected chi connectivity index (χ1v) is 7.19. The normalized spacial score (nSPS) is 13.2. The molecule has 20 heavy (non-hydrogen) atoms. The second-order valence-corrected chi connectivity index (χ2v) is 6.13. The molecule has 1 rings (SSSR count). The molecule has 0 spiro atoms. The minimum absolute atomic E-state index is 0.0162. The second kappa shape index (κ2) is 8.47. The fraction of sp³-hybridized carbons (Fsp3) is 0.600. The van der Waals surface area contributed by atoms with Gasteiger partial charge >= 0.3 is 0 Å². The lowest BCUT2D eigenvalue weighted by Crippen LogP contribution is -2.37. The van der Waals surface area contributed by atoms with Crippen LogP contribution < -0.4 is 10.1 Å². The van der Waals surface area contributed by atoms with E-state index in [1.807, 2.05) is 0 Å². The van der Waals surface area contributed by atoms with E-state index in [0.29, 0.717) is 17.3 Å². The molecule has 0 amide bonds. The molecule has 0 bridgehead atoms. The van der Waals surface area contributed by atoms with Gasteiger partial charge in [0, 0.05) is 24.7 Å². The third-order valence-corrected chi connectivity index (χ3v) is 3.25. The molecule has 3 N–H and O–H groups in total. The van der Waals surface area contributed by atoms with Crippen LogP contribution in [0, 0.1) is 5.41 Å². The Morgan fingerprint density at radius 3 is 2.80 bits per heavy atom. The first-order chi connectivity index (χ1) is 9.43. The molecular formula is C15H24ClNO3. The van der Waals surface area contributed by atoms with Crippen molar-refractivity contribution in [2.45, 2.75) is 26.4 Å². The molecule has 0 aliphatic heterocycles. The quantitative estimate of drug-likeness (QED) is 0.653. The van der Waals surface area contributed by atoms with Gasteiger partial charge in [0.2, 0.25) is 0 Å². The van der Waals surface area contributed by atoms with E-state index in [4.69, 9.17) is 21.4 Å². The standard InChI is InChI=1S/C15H24ClNO3/c1-15(2,6-7-18)11-17-9-13(19)10-20-14-5-3-4-12(16)8-14/h3-5,8,13,17-19H,6-7,9-11H2,1-2H3. The minimum Gasteiger partial charge on any atom is -0.491 e. The van der Waals surface area contributed by atoms with Crippen LogP contribution in [-0.2, 0) is 0 Å². The van der Waals surface area contributed by atoms with Crippen molar-refractivity contribution in [3.8, 4) is 5.75 Å². The van der Waals surface area contributed by atoms with Crippen LogP contribution in [0.1, 0.15) is 20.3 Å². The van der Waals surface area contributed by atoms with Gasteiger partial charge in [0.1, 0.15) is 18.5 Å². The molecule has 0 aliphatic carbocycles. The number of hydrogen-bond acceptors (Lipinski definition) is 4. The zero-order chi connectivity index (χ0) is 15.0. The maximum atomic E-state index is 9.84. The van der Waals surface area contributed by atoms with Crippen molar-refractivity contribution in [3.05, 3.63) is 29.3 Å². The number of nitrogens with one attached hydrogen (secondary N) is 1. The van der Waals surface area contributed by atoms with Crippen molar-refractivity contribution >= 4 is 11.6 Å². The van der Waals surface area contributed by atoms with E-state index in [0.717, 1.165) is 13.0 Å². The molecule has 1 atom stereocenters. The van der Waals surface area contributed by atoms with Crippen LogP contribution in [0.4, 0.5) is 0 Å². The van der Waals surface area contributed by atoms with Gasteiger partial charge in [0.05, 0.1) is 0 Å². The predicted octanol–water partition coefficient (Wildman–Crippen LogP) is 2.08. The van der Waals surface area contributed by atoms with Crippen LogP contribution in [-0.4, -0.2) is 42.6 Å². The Bertz CT molecular complexity index is 398. The van der Waals surface area contributed by atoms with Gasteiger partial charge in [-0.25, -0.2) is 0 Å². The van der Waals surface area contributed by atoms with Gasteiger partial charge in [-0.15, -0.1) is 0 Å². The van der Waals surface area contributed by atoms with Gasteiger partial charge in [0.25, 0.3) is 0 Å². The molecule has 5 heteroatoms. The summed E-state index contributed by atoms with van der Waals surface area (Å²) in [6.07, 6.45) is 0.147. The largest absolute Gasteiger partial charge is 0.491 e. The lowest BCUT2D eigenvalue weighted by molar-refractivity contribution is 0.102. The molecule has 0 saturated heterocycles. The third kappa shape index (κ3) is 7.10. The van der Waals surface area contributed by atoms with Crippen LogP contribution >= 0.6 is 11.6 Å². The molecule has 0 aromatic heterocycles. The van der Waals surface area contributed by atoms with Gasteiger partial charge in [-0.05, 0) is 30.0 Å². The van der Waals surface area contributed by atoms with Crippen molar-refractivity contribution in [2.75, 3.05) is 26.3 Å². The zero-order valence-electron chi connectivity index (χ0n) is 12.1. The molecule has 1 unspecified atom stereocenters. The van der Waals surface area contributed by atoms with E-state index >= 15 is 0 Å². The van der Waals surface area contributed by atoms with E-state index < -0.39 is 6.10 Å². The fourth-order valence-electron chi connectivity index (χ4n) is 1.78. The molecule has 4 nitrogen and oxygen atoms in total. The Morgan fingerprint density at radius 2 is 2.15 bits per heavy atom. The summed E-state index contributed by atoms with van der Waals surface area (Å²) < 4.78 is 5.46. The van der Waals surface area contributed by atoms with Crippen molar-refractivity contribution in [1.29, 1.82) is 0 Å². The number of hydrogen-bond donors (Lipinski definition) is 3. The highest BCUT2D eigenvalue weighted by molar-refractivity contribution is 6.30. The fourth-order valence-corrected chi connectivity index (χ4v) is 1.96. The molecule has 114 valence electrons. The minimum atomic E-state index is -0.584. The number of halogens is 1. The van der Waals surface area contributed by atoms with Crippen molar-refractivity contribution in [1.82, 2.24) is 5.32 Å². The topological polar surface area (TPSA) is 61.7 Å². The Morgan fingerprint density at radius 1 is 1.40 bits per heavy atom. The molecule has 0 radical (unpaired) electrons. The van der Waals surface area contributed by atoms with Crippen molar-refractivity contribution in [3.63, 3.8) is 0 Å². The second-order valence-electron chi connectivity index (χ2n) is 5.69. The summed E-state index contributed by atoms with van der Waals surface area (Å²) >= 11 is 5.85. The SMILES string of the molecule is CC(C)(CCO)CNCC(O)COc1cccc(Cl)c1. The number of aliphatic hydroxyl groups is 2. The number of benzene rings is 1. The molecule has 1 aromatic rings. The first kappa shape index (κ1) is 17.2. The highest BCUT2D eigenvalue weighted by atomic mass is 35.5. The Balaban J connectivity index is 2.22. The van der Waals surface area contributed by atoms with Crippen LogP contribution in [0.15, 0.2) is 24.3 Å². The Hall–Kier alpha value is -0.810. The predicted molar refractivity (Wildman–Crippen MR) is 81.3 cm³/mol. The summed E-state index contributed by atoms with van der Waals surface area (Å²) in [7, 11) is 0. The lowest BCUT2D eigenvalue weighted by Gasteiger charge is -2.24. The molecular weight excluding hydrogens is 278 g/mol. The van der Waals surface area contributed by atoms with E-state index in [1.165, 1.54) is 0 Å². The molecule has 0 saturated carbocycles. The van der Waals surface area contributed by atoms with E-state index in [-0.39, 0.29) is 18.6 Å². The summed E-state index contributed by atoms with van der Waals surface area (Å²) in [6, 6.07) is 7.10. The Kier molecular flexibility index (Phi) is 7.30. The van der Waals surface area contributed by atoms with E-state index in [2.05, 4.69) is 19.2 Å². The van der Waals surface area contributed by atoms with E-state index in [9.17, 15) is 5.11 Å². The summed E-state index contributed by atoms with van der Waals surface area (Å²) in [5.41, 5.74) is 0.0162. The number of aliphatic hydroxyl groups excluding tert-OH is 2. The highest BCUT2D eigenvalue weighted by Gasteiger charge is 2.17. The monoisotopic (exact) mass is 301 g/mol. The molecule has 1 aromatic carbocycles. The van der Waals surface area contributed by atoms with Crippen LogP contribution in [0.5, 0.6) is 5.75 Å². The first-order valence-electron chi connectivity index (χ1n) is 6.81. The van der Waals surface area contributed by atoms with Gasteiger partial charge < -0.3 is 20.3 Å². The third-order valence-electron chi connectivity index (χ3n) is 3.01. The number of rotatable bonds is 9. The summed E-state index contributed by atoms with van der Waals surface area (Å²) in [6.45, 7) is 5.73. The molecule has 0 fully saturated rings. The summed E-state index contributed by atoms with van der Waals surface area (Å²) in [5.74, 6) is 0.650. The number of ether oxygens (including phenoxy) is 1. The van der Waals surface area contributed by atoms with Gasteiger partial charge in [-0.2, -0.15) is 0 Å². The van der Waals surface area contributed by atoms with Gasteiger partial charge in [-0.1, -0.05) is 31.5 Å². The van der Waals surface area contributed by atoms with Crippen LogP contribution in [0.3, 0.4) is 0 Å². The lowest BCUT2D eigenvalue weighted by atomic mass is 9.90. The summed E-state index contributed by atoms with van der Waals surface area (Å²) in [5, 5.41) is 22.6. The van der Waals surface area contributed by atoms with E-state index in [1.54, 1.807) is 24.3 Å². The smallest absolute Gasteiger partial charge is 0.120 e. The summed E-state index contributed by atoms with van der Waals surface area (Å²) in [4.78, 5) is 0. The highest BCUT2D eigenvalue weighted by Crippen LogP contribution is 2.18. The van der Waals surface area contributed by atoms with Crippen molar-refractivity contribution in [2.24, 2.45) is 5.41 Å². The average Bonchev–Trinajstić information content (AvgIpc) is 2.36. The molecule has 0 aliphatic rings. The average molecular weight is 302 g/mol. The maximum absolute atomic E-state index is 9.84. The Labute approximate surface area is 125 Å². The van der Waals surface area contributed by atoms with Gasteiger partial charge in [0.15, 0.2) is 0 Å². The van der Waals surface area contributed by atoms with Crippen LogP contribution in [0.25, 0.3) is 0 Å². The van der Waals surface area contributed by atoms with Crippen LogP contribution in [0.2, 0.25) is 5.02 Å². The zero-order valence-corrected chi connectivity index (χ0v) is 12.9.